The third-order valence-corrected chi connectivity index (χ3v) is 7.04. The molecule has 1 aromatic heterocycles. The lowest BCUT2D eigenvalue weighted by atomic mass is 9.97. The summed E-state index contributed by atoms with van der Waals surface area (Å²) in [6, 6.07) is 21.4. The predicted octanol–water partition coefficient (Wildman–Crippen LogP) is 6.01. The number of rotatable bonds is 11. The lowest BCUT2D eigenvalue weighted by Gasteiger charge is -2.21. The maximum absolute atomic E-state index is 13.7. The van der Waals surface area contributed by atoms with Gasteiger partial charge in [0, 0.05) is 18.3 Å². The molecule has 1 atom stereocenters. The van der Waals surface area contributed by atoms with E-state index in [0.29, 0.717) is 29.0 Å². The van der Waals surface area contributed by atoms with Crippen LogP contribution in [0.5, 0.6) is 5.75 Å². The van der Waals surface area contributed by atoms with Gasteiger partial charge >= 0.3 is 12.3 Å². The Hall–Kier alpha value is -4.84. The molecular formula is C31H30F3N5O4. The number of ether oxygens (including phenoxy) is 1. The Morgan fingerprint density at radius 1 is 1.02 bits per heavy atom. The summed E-state index contributed by atoms with van der Waals surface area (Å²) in [5.41, 5.74) is 1.29. The third kappa shape index (κ3) is 7.52. The van der Waals surface area contributed by atoms with Crippen molar-refractivity contribution in [2.75, 3.05) is 19.0 Å². The summed E-state index contributed by atoms with van der Waals surface area (Å²) in [4.78, 5) is 24.3. The molecule has 0 aliphatic heterocycles. The lowest BCUT2D eigenvalue weighted by molar-refractivity contribution is -0.141. The number of nitrogens with zero attached hydrogens (tertiary/aromatic N) is 2. The molecule has 9 nitrogen and oxygen atoms in total. The van der Waals surface area contributed by atoms with Crippen LogP contribution in [0.25, 0.3) is 5.69 Å². The molecule has 4 N–H and O–H groups in total. The zero-order chi connectivity index (χ0) is 30.6. The fraction of sp³-hybridized carbons (Fsp3) is 0.258. The van der Waals surface area contributed by atoms with Crippen LogP contribution in [-0.4, -0.2) is 40.5 Å². The Bertz CT molecular complexity index is 1620. The summed E-state index contributed by atoms with van der Waals surface area (Å²) < 4.78 is 47.3. The molecular weight excluding hydrogens is 563 g/mol. The van der Waals surface area contributed by atoms with E-state index in [1.807, 2.05) is 30.3 Å². The molecule has 1 aliphatic rings. The van der Waals surface area contributed by atoms with Crippen LogP contribution in [-0.2, 0) is 12.7 Å². The van der Waals surface area contributed by atoms with Gasteiger partial charge in [-0.1, -0.05) is 36.4 Å². The molecule has 1 heterocycles. The van der Waals surface area contributed by atoms with Crippen molar-refractivity contribution in [2.24, 2.45) is 5.92 Å². The zero-order valence-electron chi connectivity index (χ0n) is 23.2. The van der Waals surface area contributed by atoms with Gasteiger partial charge in [0.1, 0.15) is 11.4 Å². The molecule has 4 aromatic rings. The number of benzene rings is 3. The highest BCUT2D eigenvalue weighted by Crippen LogP contribution is 2.33. The standard InChI is InChI=1S/C31H30F3N5O4/c1-43-25-10-4-7-22(15-25)28(35-17-19-11-12-19)21-6-3-8-23(14-21)37-29(40)26-16-27(31(32,33)34)38-39(26)24-9-2-5-20(13-24)18-36-30(41)42/h2-10,13-16,19,28,35-36H,11-12,17-18H2,1H3,(H,37,40)(H,41,42). The van der Waals surface area contributed by atoms with E-state index >= 15 is 0 Å². The van der Waals surface area contributed by atoms with E-state index in [-0.39, 0.29) is 24.0 Å². The van der Waals surface area contributed by atoms with Crippen LogP contribution in [0, 0.1) is 5.92 Å². The number of anilines is 1. The Morgan fingerprint density at radius 2 is 1.74 bits per heavy atom. The smallest absolute Gasteiger partial charge is 0.435 e. The number of hydrogen-bond donors (Lipinski definition) is 4. The molecule has 43 heavy (non-hydrogen) atoms. The highest BCUT2D eigenvalue weighted by molar-refractivity contribution is 6.03. The Labute approximate surface area is 245 Å². The molecule has 3 aromatic carbocycles. The number of halogens is 3. The minimum atomic E-state index is -4.79. The molecule has 2 amide bonds. The largest absolute Gasteiger partial charge is 0.497 e. The van der Waals surface area contributed by atoms with Crippen molar-refractivity contribution in [2.45, 2.75) is 31.6 Å². The van der Waals surface area contributed by atoms with Crippen molar-refractivity contribution >= 4 is 17.7 Å². The van der Waals surface area contributed by atoms with Gasteiger partial charge in [-0.25, -0.2) is 9.48 Å². The van der Waals surface area contributed by atoms with Crippen LogP contribution in [0.1, 0.15) is 51.8 Å². The van der Waals surface area contributed by atoms with Gasteiger partial charge in [0.15, 0.2) is 5.69 Å². The van der Waals surface area contributed by atoms with Crippen molar-refractivity contribution in [1.82, 2.24) is 20.4 Å². The molecule has 0 bridgehead atoms. The number of alkyl halides is 3. The van der Waals surface area contributed by atoms with Gasteiger partial charge in [0.25, 0.3) is 5.91 Å². The average Bonchev–Trinajstić information content (AvgIpc) is 3.69. The van der Waals surface area contributed by atoms with Crippen LogP contribution in [0.4, 0.5) is 23.7 Å². The number of carboxylic acid groups (broad SMARTS) is 1. The van der Waals surface area contributed by atoms with Crippen LogP contribution in [0.3, 0.4) is 0 Å². The molecule has 1 aliphatic carbocycles. The van der Waals surface area contributed by atoms with Crippen molar-refractivity contribution in [3.05, 3.63) is 107 Å². The molecule has 0 spiro atoms. The Morgan fingerprint density at radius 3 is 2.44 bits per heavy atom. The molecule has 1 unspecified atom stereocenters. The van der Waals surface area contributed by atoms with Gasteiger partial charge in [0.2, 0.25) is 0 Å². The maximum Gasteiger partial charge on any atom is 0.435 e. The highest BCUT2D eigenvalue weighted by atomic mass is 19.4. The molecule has 12 heteroatoms. The molecule has 0 radical (unpaired) electrons. The highest BCUT2D eigenvalue weighted by Gasteiger charge is 2.36. The number of aromatic nitrogens is 2. The first-order chi connectivity index (χ1) is 20.6. The second kappa shape index (κ2) is 12.6. The van der Waals surface area contributed by atoms with Gasteiger partial charge < -0.3 is 25.8 Å². The van der Waals surface area contributed by atoms with Crippen molar-refractivity contribution in [3.8, 4) is 11.4 Å². The predicted molar refractivity (Wildman–Crippen MR) is 153 cm³/mol. The number of carbonyl (C=O) groups is 2. The van der Waals surface area contributed by atoms with E-state index in [1.54, 1.807) is 37.4 Å². The van der Waals surface area contributed by atoms with Crippen molar-refractivity contribution in [3.63, 3.8) is 0 Å². The number of carbonyl (C=O) groups excluding carboxylic acids is 1. The fourth-order valence-electron chi connectivity index (χ4n) is 4.70. The van der Waals surface area contributed by atoms with Crippen molar-refractivity contribution in [1.29, 1.82) is 0 Å². The van der Waals surface area contributed by atoms with Crippen molar-refractivity contribution < 1.29 is 32.6 Å². The number of nitrogens with one attached hydrogen (secondary N) is 3. The average molecular weight is 594 g/mol. The number of hydrogen-bond acceptors (Lipinski definition) is 5. The van der Waals surface area contributed by atoms with E-state index in [0.717, 1.165) is 22.4 Å². The SMILES string of the molecule is COc1cccc(C(NCC2CC2)c2cccc(NC(=O)c3cc(C(F)(F)F)nn3-c3cccc(CNC(=O)O)c3)c2)c1. The monoisotopic (exact) mass is 593 g/mol. The summed E-state index contributed by atoms with van der Waals surface area (Å²) in [6.45, 7) is 0.743. The van der Waals surface area contributed by atoms with Gasteiger partial charge in [-0.3, -0.25) is 4.79 Å². The van der Waals surface area contributed by atoms with Gasteiger partial charge in [-0.05, 0) is 78.4 Å². The molecule has 1 fully saturated rings. The fourth-order valence-corrected chi connectivity index (χ4v) is 4.70. The van der Waals surface area contributed by atoms with E-state index < -0.39 is 23.9 Å². The summed E-state index contributed by atoms with van der Waals surface area (Å²) in [6.07, 6.45) is -3.71. The van der Waals surface area contributed by atoms with Gasteiger partial charge in [-0.2, -0.15) is 18.3 Å². The van der Waals surface area contributed by atoms with E-state index in [4.69, 9.17) is 9.84 Å². The molecule has 224 valence electrons. The van der Waals surface area contributed by atoms with Crippen LogP contribution >= 0.6 is 0 Å². The van der Waals surface area contributed by atoms with Crippen LogP contribution in [0.15, 0.2) is 78.9 Å². The van der Waals surface area contributed by atoms with Crippen LogP contribution in [0.2, 0.25) is 0 Å². The van der Waals surface area contributed by atoms with E-state index in [9.17, 15) is 22.8 Å². The molecule has 0 saturated heterocycles. The number of methoxy groups -OCH3 is 1. The second-order valence-corrected chi connectivity index (χ2v) is 10.3. The topological polar surface area (TPSA) is 118 Å². The minimum absolute atomic E-state index is 0.0753. The zero-order valence-corrected chi connectivity index (χ0v) is 23.2. The van der Waals surface area contributed by atoms with E-state index in [1.165, 1.54) is 25.0 Å². The molecule has 1 saturated carbocycles. The summed E-state index contributed by atoms with van der Waals surface area (Å²) in [7, 11) is 1.60. The molecule has 5 rings (SSSR count). The van der Waals surface area contributed by atoms with Gasteiger partial charge in [0.05, 0.1) is 18.8 Å². The Kier molecular flexibility index (Phi) is 8.67. The first-order valence-electron chi connectivity index (χ1n) is 13.6. The second-order valence-electron chi connectivity index (χ2n) is 10.3. The maximum atomic E-state index is 13.7. The number of amides is 2. The normalized spacial score (nSPS) is 13.8. The summed E-state index contributed by atoms with van der Waals surface area (Å²) >= 11 is 0. The minimum Gasteiger partial charge on any atom is -0.497 e. The Balaban J connectivity index is 1.44. The summed E-state index contributed by atoms with van der Waals surface area (Å²) in [5.74, 6) is 0.521. The van der Waals surface area contributed by atoms with Gasteiger partial charge in [-0.15, -0.1) is 0 Å². The third-order valence-electron chi connectivity index (χ3n) is 7.04. The lowest BCUT2D eigenvalue weighted by Crippen LogP contribution is -2.25. The first-order valence-corrected chi connectivity index (χ1v) is 13.6. The van der Waals surface area contributed by atoms with Crippen LogP contribution < -0.4 is 20.7 Å². The first kappa shape index (κ1) is 29.6. The van der Waals surface area contributed by atoms with E-state index in [2.05, 4.69) is 21.0 Å². The summed E-state index contributed by atoms with van der Waals surface area (Å²) in [5, 5.41) is 21.1. The quantitative estimate of drug-likeness (QED) is 0.169.